The Kier molecular flexibility index (Phi) is 3.81. The Hall–Kier alpha value is -1.33. The summed E-state index contributed by atoms with van der Waals surface area (Å²) >= 11 is 0. The lowest BCUT2D eigenvalue weighted by atomic mass is 10.3. The summed E-state index contributed by atoms with van der Waals surface area (Å²) < 4.78 is 5.21. The van der Waals surface area contributed by atoms with Crippen molar-refractivity contribution in [3.8, 4) is 0 Å². The monoisotopic (exact) mass is 237 g/mol. The molecule has 2 N–H and O–H groups in total. The molecule has 1 fully saturated rings. The lowest BCUT2D eigenvalue weighted by molar-refractivity contribution is -0.131. The van der Waals surface area contributed by atoms with E-state index in [0.717, 1.165) is 25.3 Å². The van der Waals surface area contributed by atoms with Crippen LogP contribution in [0.1, 0.15) is 12.2 Å². The average molecular weight is 237 g/mol. The molecule has 5 heteroatoms. The van der Waals surface area contributed by atoms with Crippen molar-refractivity contribution in [3.63, 3.8) is 0 Å². The molecule has 2 rings (SSSR count). The van der Waals surface area contributed by atoms with Gasteiger partial charge in [0.15, 0.2) is 0 Å². The van der Waals surface area contributed by atoms with Crippen molar-refractivity contribution in [1.82, 2.24) is 9.80 Å². The van der Waals surface area contributed by atoms with Gasteiger partial charge in [0.1, 0.15) is 5.76 Å². The van der Waals surface area contributed by atoms with Crippen molar-refractivity contribution in [2.75, 3.05) is 26.7 Å². The van der Waals surface area contributed by atoms with Crippen LogP contribution in [0.3, 0.4) is 0 Å². The zero-order valence-electron chi connectivity index (χ0n) is 10.1. The molecule has 1 atom stereocenters. The van der Waals surface area contributed by atoms with Crippen molar-refractivity contribution in [1.29, 1.82) is 0 Å². The molecule has 0 bridgehead atoms. The summed E-state index contributed by atoms with van der Waals surface area (Å²) in [6, 6.07) is 3.92. The molecule has 1 aromatic heterocycles. The van der Waals surface area contributed by atoms with E-state index in [2.05, 4.69) is 4.90 Å². The number of furan rings is 1. The SMILES string of the molecule is CN(Cc1ccco1)C(=O)CN1CC[C@H](N)C1. The van der Waals surface area contributed by atoms with Gasteiger partial charge >= 0.3 is 0 Å². The van der Waals surface area contributed by atoms with Gasteiger partial charge in [-0.25, -0.2) is 0 Å². The highest BCUT2D eigenvalue weighted by Gasteiger charge is 2.22. The number of amides is 1. The summed E-state index contributed by atoms with van der Waals surface area (Å²) in [5, 5.41) is 0. The van der Waals surface area contributed by atoms with Crippen LogP contribution in [0.15, 0.2) is 22.8 Å². The molecule has 1 saturated heterocycles. The Morgan fingerprint density at radius 1 is 1.71 bits per heavy atom. The Bertz CT molecular complexity index is 364. The minimum atomic E-state index is 0.107. The first-order valence-electron chi connectivity index (χ1n) is 5.89. The lowest BCUT2D eigenvalue weighted by Crippen LogP contribution is -2.38. The third-order valence-electron chi connectivity index (χ3n) is 3.07. The molecule has 0 spiro atoms. The van der Waals surface area contributed by atoms with Crippen LogP contribution in [-0.2, 0) is 11.3 Å². The van der Waals surface area contributed by atoms with E-state index in [0.29, 0.717) is 13.1 Å². The molecule has 0 saturated carbocycles. The minimum absolute atomic E-state index is 0.107. The van der Waals surface area contributed by atoms with Gasteiger partial charge in [0.2, 0.25) is 5.91 Å². The number of rotatable bonds is 4. The van der Waals surface area contributed by atoms with Gasteiger partial charge < -0.3 is 15.1 Å². The molecule has 5 nitrogen and oxygen atoms in total. The number of hydrogen-bond donors (Lipinski definition) is 1. The molecule has 1 aliphatic heterocycles. The third kappa shape index (κ3) is 3.31. The zero-order valence-corrected chi connectivity index (χ0v) is 10.1. The highest BCUT2D eigenvalue weighted by Crippen LogP contribution is 2.08. The summed E-state index contributed by atoms with van der Waals surface area (Å²) in [5.74, 6) is 0.912. The van der Waals surface area contributed by atoms with E-state index in [9.17, 15) is 4.79 Å². The van der Waals surface area contributed by atoms with Crippen LogP contribution in [0.4, 0.5) is 0 Å². The maximum Gasteiger partial charge on any atom is 0.236 e. The quantitative estimate of drug-likeness (QED) is 0.816. The maximum atomic E-state index is 11.9. The molecule has 0 radical (unpaired) electrons. The molecule has 1 amide bonds. The molecular formula is C12H19N3O2. The third-order valence-corrected chi connectivity index (χ3v) is 3.07. The first-order valence-corrected chi connectivity index (χ1v) is 5.89. The van der Waals surface area contributed by atoms with Crippen LogP contribution in [-0.4, -0.2) is 48.4 Å². The molecule has 0 aliphatic carbocycles. The van der Waals surface area contributed by atoms with E-state index in [1.165, 1.54) is 0 Å². The second kappa shape index (κ2) is 5.33. The summed E-state index contributed by atoms with van der Waals surface area (Å²) in [6.45, 7) is 2.71. The molecule has 1 aromatic rings. The molecule has 0 unspecified atom stereocenters. The Labute approximate surface area is 101 Å². The van der Waals surface area contributed by atoms with Crippen molar-refractivity contribution in [2.24, 2.45) is 5.73 Å². The van der Waals surface area contributed by atoms with Crippen molar-refractivity contribution in [2.45, 2.75) is 19.0 Å². The van der Waals surface area contributed by atoms with E-state index in [4.69, 9.17) is 10.2 Å². The topological polar surface area (TPSA) is 62.7 Å². The fourth-order valence-corrected chi connectivity index (χ4v) is 2.04. The molecular weight excluding hydrogens is 218 g/mol. The van der Waals surface area contributed by atoms with E-state index in [-0.39, 0.29) is 11.9 Å². The van der Waals surface area contributed by atoms with Crippen molar-refractivity contribution >= 4 is 5.91 Å². The molecule has 94 valence electrons. The number of likely N-dealkylation sites (N-methyl/N-ethyl adjacent to an activating group) is 1. The van der Waals surface area contributed by atoms with Crippen molar-refractivity contribution < 1.29 is 9.21 Å². The average Bonchev–Trinajstić information content (AvgIpc) is 2.90. The Balaban J connectivity index is 1.79. The van der Waals surface area contributed by atoms with Gasteiger partial charge in [-0.1, -0.05) is 0 Å². The van der Waals surface area contributed by atoms with Gasteiger partial charge in [-0.3, -0.25) is 9.69 Å². The Morgan fingerprint density at radius 2 is 2.53 bits per heavy atom. The lowest BCUT2D eigenvalue weighted by Gasteiger charge is -2.20. The number of carbonyl (C=O) groups excluding carboxylic acids is 1. The van der Waals surface area contributed by atoms with Crippen LogP contribution in [0.2, 0.25) is 0 Å². The number of carbonyl (C=O) groups is 1. The molecule has 17 heavy (non-hydrogen) atoms. The largest absolute Gasteiger partial charge is 0.467 e. The minimum Gasteiger partial charge on any atom is -0.467 e. The predicted octanol–water partition coefficient (Wildman–Crippen LogP) is 0.271. The maximum absolute atomic E-state index is 11.9. The smallest absolute Gasteiger partial charge is 0.236 e. The summed E-state index contributed by atoms with van der Waals surface area (Å²) in [4.78, 5) is 15.7. The summed E-state index contributed by atoms with van der Waals surface area (Å²) in [6.07, 6.45) is 2.60. The van der Waals surface area contributed by atoms with E-state index in [1.807, 2.05) is 12.1 Å². The van der Waals surface area contributed by atoms with Gasteiger partial charge in [-0.2, -0.15) is 0 Å². The number of likely N-dealkylation sites (tertiary alicyclic amines) is 1. The van der Waals surface area contributed by atoms with E-state index >= 15 is 0 Å². The number of nitrogens with zero attached hydrogens (tertiary/aromatic N) is 2. The van der Waals surface area contributed by atoms with Crippen LogP contribution in [0.5, 0.6) is 0 Å². The first kappa shape index (κ1) is 12.1. The van der Waals surface area contributed by atoms with Crippen LogP contribution >= 0.6 is 0 Å². The predicted molar refractivity (Wildman–Crippen MR) is 64.2 cm³/mol. The van der Waals surface area contributed by atoms with E-state index < -0.39 is 0 Å². The van der Waals surface area contributed by atoms with Gasteiger partial charge in [-0.05, 0) is 18.6 Å². The number of hydrogen-bond acceptors (Lipinski definition) is 4. The second-order valence-electron chi connectivity index (χ2n) is 4.61. The number of nitrogens with two attached hydrogens (primary N) is 1. The molecule has 0 aromatic carbocycles. The van der Waals surface area contributed by atoms with Crippen LogP contribution in [0, 0.1) is 0 Å². The van der Waals surface area contributed by atoms with Gasteiger partial charge in [0.25, 0.3) is 0 Å². The summed E-state index contributed by atoms with van der Waals surface area (Å²) in [5.41, 5.74) is 5.81. The highest BCUT2D eigenvalue weighted by molar-refractivity contribution is 5.77. The normalized spacial score (nSPS) is 20.7. The van der Waals surface area contributed by atoms with Gasteiger partial charge in [0, 0.05) is 26.2 Å². The molecule has 1 aliphatic rings. The fourth-order valence-electron chi connectivity index (χ4n) is 2.04. The highest BCUT2D eigenvalue weighted by atomic mass is 16.3. The summed E-state index contributed by atoms with van der Waals surface area (Å²) in [7, 11) is 1.79. The van der Waals surface area contributed by atoms with Crippen molar-refractivity contribution in [3.05, 3.63) is 24.2 Å². The standard InChI is InChI=1S/C12H19N3O2/c1-14(8-11-3-2-6-17-11)12(16)9-15-5-4-10(13)7-15/h2-3,6,10H,4-5,7-9,13H2,1H3/t10-/m0/s1. The van der Waals surface area contributed by atoms with Crippen LogP contribution < -0.4 is 5.73 Å². The zero-order chi connectivity index (χ0) is 12.3. The Morgan fingerprint density at radius 3 is 3.12 bits per heavy atom. The van der Waals surface area contributed by atoms with Gasteiger partial charge in [-0.15, -0.1) is 0 Å². The van der Waals surface area contributed by atoms with Crippen LogP contribution in [0.25, 0.3) is 0 Å². The first-order chi connectivity index (χ1) is 8.15. The second-order valence-corrected chi connectivity index (χ2v) is 4.61. The van der Waals surface area contributed by atoms with Gasteiger partial charge in [0.05, 0.1) is 19.4 Å². The molecule has 2 heterocycles. The fraction of sp³-hybridized carbons (Fsp3) is 0.583. The van der Waals surface area contributed by atoms with E-state index in [1.54, 1.807) is 18.2 Å².